The van der Waals surface area contributed by atoms with Gasteiger partial charge >= 0.3 is 0 Å². The molecular weight excluding hydrogens is 260 g/mol. The lowest BCUT2D eigenvalue weighted by atomic mass is 9.95. The number of fused-ring (bicyclic) bond motifs is 1. The summed E-state index contributed by atoms with van der Waals surface area (Å²) in [7, 11) is 2.05. The van der Waals surface area contributed by atoms with Crippen LogP contribution in [0, 0.1) is 0 Å². The van der Waals surface area contributed by atoms with Crippen LogP contribution in [0.1, 0.15) is 31.2 Å². The van der Waals surface area contributed by atoms with E-state index < -0.39 is 0 Å². The highest BCUT2D eigenvalue weighted by Gasteiger charge is 2.19. The number of aromatic nitrogens is 1. The predicted octanol–water partition coefficient (Wildman–Crippen LogP) is 3.32. The van der Waals surface area contributed by atoms with Crippen molar-refractivity contribution in [2.24, 2.45) is 0 Å². The Bertz CT molecular complexity index is 573. The number of pyridine rings is 1. The van der Waals surface area contributed by atoms with Crippen LogP contribution in [0.4, 0.5) is 0 Å². The second-order valence-electron chi connectivity index (χ2n) is 5.90. The zero-order chi connectivity index (χ0) is 14.5. The number of nitrogens with zero attached hydrogens (tertiary/aromatic N) is 1. The molecule has 1 aromatic heterocycles. The smallest absolute Gasteiger partial charge is 0.0704 e. The average Bonchev–Trinajstić information content (AvgIpc) is 2.55. The predicted molar refractivity (Wildman–Crippen MR) is 86.5 cm³/mol. The molecule has 1 aliphatic rings. The van der Waals surface area contributed by atoms with Gasteiger partial charge in [-0.1, -0.05) is 18.2 Å². The molecule has 0 amide bonds. The van der Waals surface area contributed by atoms with Crippen LogP contribution in [-0.4, -0.2) is 30.8 Å². The number of nitrogens with one attached hydrogen (secondary N) is 1. The maximum atomic E-state index is 5.88. The van der Waals surface area contributed by atoms with Gasteiger partial charge in [0, 0.05) is 24.2 Å². The number of likely N-dealkylation sites (N-methyl/N-ethyl adjacent to an activating group) is 1. The molecule has 2 unspecified atom stereocenters. The van der Waals surface area contributed by atoms with Crippen molar-refractivity contribution < 1.29 is 4.74 Å². The molecule has 1 saturated heterocycles. The summed E-state index contributed by atoms with van der Waals surface area (Å²) >= 11 is 0. The molecule has 1 aliphatic heterocycles. The number of hydrogen-bond acceptors (Lipinski definition) is 3. The third kappa shape index (κ3) is 3.60. The van der Waals surface area contributed by atoms with Crippen molar-refractivity contribution in [3.63, 3.8) is 0 Å². The molecule has 0 radical (unpaired) electrons. The van der Waals surface area contributed by atoms with Gasteiger partial charge in [-0.3, -0.25) is 4.98 Å². The Morgan fingerprint density at radius 3 is 3.00 bits per heavy atom. The first-order chi connectivity index (χ1) is 10.4. The third-order valence-corrected chi connectivity index (χ3v) is 4.44. The molecule has 2 aromatic rings. The fraction of sp³-hybridized carbons (Fsp3) is 0.500. The highest BCUT2D eigenvalue weighted by atomic mass is 16.5. The summed E-state index contributed by atoms with van der Waals surface area (Å²) in [6.07, 6.45) is 8.18. The van der Waals surface area contributed by atoms with Crippen LogP contribution < -0.4 is 5.32 Å². The lowest BCUT2D eigenvalue weighted by Gasteiger charge is -2.27. The Kier molecular flexibility index (Phi) is 4.84. The first kappa shape index (κ1) is 14.5. The maximum absolute atomic E-state index is 5.88. The van der Waals surface area contributed by atoms with Gasteiger partial charge in [0.05, 0.1) is 11.6 Å². The molecule has 112 valence electrons. The number of benzene rings is 1. The monoisotopic (exact) mass is 284 g/mol. The first-order valence-electron chi connectivity index (χ1n) is 7.98. The van der Waals surface area contributed by atoms with Crippen molar-refractivity contribution in [3.8, 4) is 0 Å². The van der Waals surface area contributed by atoms with Crippen molar-refractivity contribution in [1.29, 1.82) is 0 Å². The van der Waals surface area contributed by atoms with Gasteiger partial charge in [0.1, 0.15) is 0 Å². The molecule has 3 heteroatoms. The highest BCUT2D eigenvalue weighted by Crippen LogP contribution is 2.21. The summed E-state index contributed by atoms with van der Waals surface area (Å²) < 4.78 is 5.88. The molecule has 1 aromatic carbocycles. The Balaban J connectivity index is 1.72. The summed E-state index contributed by atoms with van der Waals surface area (Å²) in [6, 6.07) is 11.0. The van der Waals surface area contributed by atoms with Gasteiger partial charge in [0.15, 0.2) is 0 Å². The van der Waals surface area contributed by atoms with Gasteiger partial charge in [-0.25, -0.2) is 0 Å². The lowest BCUT2D eigenvalue weighted by Crippen LogP contribution is -2.34. The standard InChI is InChI=1S/C18H24N2O/c1-19-15(13-16-6-4-5-11-21-16)12-14-9-10-20-18-8-3-2-7-17(14)18/h2-3,7-10,15-16,19H,4-6,11-13H2,1H3. The van der Waals surface area contributed by atoms with Gasteiger partial charge in [0.25, 0.3) is 0 Å². The van der Waals surface area contributed by atoms with Crippen molar-refractivity contribution in [3.05, 3.63) is 42.1 Å². The molecule has 0 bridgehead atoms. The molecule has 0 aliphatic carbocycles. The topological polar surface area (TPSA) is 34.2 Å². The average molecular weight is 284 g/mol. The van der Waals surface area contributed by atoms with E-state index in [-0.39, 0.29) is 0 Å². The van der Waals surface area contributed by atoms with Crippen LogP contribution in [0.25, 0.3) is 10.9 Å². The fourth-order valence-corrected chi connectivity index (χ4v) is 3.21. The maximum Gasteiger partial charge on any atom is 0.0704 e. The van der Waals surface area contributed by atoms with Crippen LogP contribution in [0.2, 0.25) is 0 Å². The van der Waals surface area contributed by atoms with Crippen molar-refractivity contribution in [2.45, 2.75) is 44.2 Å². The zero-order valence-electron chi connectivity index (χ0n) is 12.7. The molecular formula is C18H24N2O. The lowest BCUT2D eigenvalue weighted by molar-refractivity contribution is 0.00570. The summed E-state index contributed by atoms with van der Waals surface area (Å²) in [4.78, 5) is 4.45. The molecule has 1 N–H and O–H groups in total. The van der Waals surface area contributed by atoms with E-state index in [1.54, 1.807) is 0 Å². The van der Waals surface area contributed by atoms with Gasteiger partial charge < -0.3 is 10.1 Å². The van der Waals surface area contributed by atoms with Crippen LogP contribution in [-0.2, 0) is 11.2 Å². The number of rotatable bonds is 5. The van der Waals surface area contributed by atoms with Crippen LogP contribution in [0.3, 0.4) is 0 Å². The molecule has 3 rings (SSSR count). The molecule has 3 nitrogen and oxygen atoms in total. The van der Waals surface area contributed by atoms with E-state index in [0.717, 1.165) is 25.0 Å². The molecule has 0 saturated carbocycles. The second-order valence-corrected chi connectivity index (χ2v) is 5.90. The molecule has 2 heterocycles. The van der Waals surface area contributed by atoms with Gasteiger partial charge in [-0.2, -0.15) is 0 Å². The molecule has 0 spiro atoms. The van der Waals surface area contributed by atoms with E-state index in [0.29, 0.717) is 12.1 Å². The van der Waals surface area contributed by atoms with Crippen molar-refractivity contribution >= 4 is 10.9 Å². The second kappa shape index (κ2) is 7.01. The van der Waals surface area contributed by atoms with Crippen LogP contribution >= 0.6 is 0 Å². The Hall–Kier alpha value is -1.45. The van der Waals surface area contributed by atoms with E-state index in [9.17, 15) is 0 Å². The van der Waals surface area contributed by atoms with Gasteiger partial charge in [-0.15, -0.1) is 0 Å². The Labute approximate surface area is 126 Å². The summed E-state index contributed by atoms with van der Waals surface area (Å²) in [5.74, 6) is 0. The van der Waals surface area contributed by atoms with Crippen LogP contribution in [0.15, 0.2) is 36.5 Å². The van der Waals surface area contributed by atoms with Crippen LogP contribution in [0.5, 0.6) is 0 Å². The first-order valence-corrected chi connectivity index (χ1v) is 7.98. The van der Waals surface area contributed by atoms with E-state index in [4.69, 9.17) is 4.74 Å². The van der Waals surface area contributed by atoms with E-state index in [1.807, 2.05) is 12.3 Å². The van der Waals surface area contributed by atoms with E-state index >= 15 is 0 Å². The minimum absolute atomic E-state index is 0.421. The van der Waals surface area contributed by atoms with Gasteiger partial charge in [-0.05, 0) is 56.8 Å². The summed E-state index contributed by atoms with van der Waals surface area (Å²) in [5.41, 5.74) is 2.45. The van der Waals surface area contributed by atoms with E-state index in [2.05, 4.69) is 41.6 Å². The summed E-state index contributed by atoms with van der Waals surface area (Å²) in [5, 5.41) is 4.73. The molecule has 2 atom stereocenters. The molecule has 1 fully saturated rings. The summed E-state index contributed by atoms with van der Waals surface area (Å²) in [6.45, 7) is 0.930. The molecule has 21 heavy (non-hydrogen) atoms. The number of para-hydroxylation sites is 1. The minimum Gasteiger partial charge on any atom is -0.378 e. The minimum atomic E-state index is 0.421. The SMILES string of the molecule is CNC(Cc1ccnc2ccccc12)CC1CCCCO1. The quantitative estimate of drug-likeness (QED) is 0.914. The number of hydrogen-bond donors (Lipinski definition) is 1. The number of ether oxygens (including phenoxy) is 1. The Morgan fingerprint density at radius 1 is 1.29 bits per heavy atom. The van der Waals surface area contributed by atoms with Gasteiger partial charge in [0.2, 0.25) is 0 Å². The zero-order valence-corrected chi connectivity index (χ0v) is 12.7. The third-order valence-electron chi connectivity index (χ3n) is 4.44. The highest BCUT2D eigenvalue weighted by molar-refractivity contribution is 5.81. The van der Waals surface area contributed by atoms with Crippen molar-refractivity contribution in [2.75, 3.05) is 13.7 Å². The largest absolute Gasteiger partial charge is 0.378 e. The Morgan fingerprint density at radius 2 is 2.19 bits per heavy atom. The normalized spacial score (nSPS) is 20.5. The van der Waals surface area contributed by atoms with Crippen molar-refractivity contribution in [1.82, 2.24) is 10.3 Å². The van der Waals surface area contributed by atoms with E-state index in [1.165, 1.54) is 30.2 Å². The fourth-order valence-electron chi connectivity index (χ4n) is 3.21.